The number of fused-ring (bicyclic) bond motifs is 1. The van der Waals surface area contributed by atoms with E-state index in [1.807, 2.05) is 25.1 Å². The number of primary sulfonamides is 1. The molecule has 8 nitrogen and oxygen atoms in total. The number of aromatic nitrogens is 1. The number of amides is 2. The van der Waals surface area contributed by atoms with Crippen molar-refractivity contribution < 1.29 is 18.0 Å². The monoisotopic (exact) mass is 480 g/mol. The van der Waals surface area contributed by atoms with Crippen molar-refractivity contribution in [2.75, 3.05) is 0 Å². The molecule has 1 aromatic heterocycles. The van der Waals surface area contributed by atoms with E-state index in [4.69, 9.17) is 5.14 Å². The molecule has 0 saturated carbocycles. The largest absolute Gasteiger partial charge is 0.386 e. The summed E-state index contributed by atoms with van der Waals surface area (Å²) in [5.41, 5.74) is 5.62. The molecule has 0 unspecified atom stereocenters. The Balaban J connectivity index is 1.57. The molecule has 0 fully saturated rings. The number of carbonyl (C=O) groups excluding carboxylic acids is 2. The molecule has 0 radical (unpaired) electrons. The predicted molar refractivity (Wildman–Crippen MR) is 127 cm³/mol. The zero-order valence-electron chi connectivity index (χ0n) is 17.5. The highest BCUT2D eigenvalue weighted by Crippen LogP contribution is 2.26. The van der Waals surface area contributed by atoms with Crippen LogP contribution in [0.25, 0.3) is 17.7 Å². The van der Waals surface area contributed by atoms with Gasteiger partial charge >= 0.3 is 0 Å². The van der Waals surface area contributed by atoms with Crippen LogP contribution in [0.1, 0.15) is 37.6 Å². The van der Waals surface area contributed by atoms with Gasteiger partial charge in [-0.2, -0.15) is 0 Å². The molecule has 168 valence electrons. The number of thiazole rings is 1. The van der Waals surface area contributed by atoms with Crippen molar-refractivity contribution in [3.63, 3.8) is 0 Å². The van der Waals surface area contributed by atoms with Crippen LogP contribution in [0.4, 0.5) is 0 Å². The summed E-state index contributed by atoms with van der Waals surface area (Å²) in [6.07, 6.45) is 5.41. The van der Waals surface area contributed by atoms with Crippen LogP contribution in [-0.2, 0) is 21.4 Å². The molecule has 2 aromatic carbocycles. The van der Waals surface area contributed by atoms with E-state index in [1.54, 1.807) is 36.0 Å². The first-order valence-corrected chi connectivity index (χ1v) is 12.3. The second-order valence-corrected chi connectivity index (χ2v) is 9.80. The number of nitrogens with one attached hydrogen (secondary N) is 2. The smallest absolute Gasteiger partial charge is 0.260 e. The summed E-state index contributed by atoms with van der Waals surface area (Å²) in [4.78, 5) is 30.1. The first-order chi connectivity index (χ1) is 15.7. The maximum atomic E-state index is 12.5. The van der Waals surface area contributed by atoms with Gasteiger partial charge in [-0.1, -0.05) is 24.3 Å². The van der Waals surface area contributed by atoms with Gasteiger partial charge in [-0.15, -0.1) is 11.3 Å². The number of hydrogen-bond acceptors (Lipinski definition) is 7. The van der Waals surface area contributed by atoms with E-state index in [-0.39, 0.29) is 4.90 Å². The SMILES string of the molecule is Cc1ncsc1/C=C/c1ccc2c(c1)/C(=C/NCc1ccc(S(N)(=O)=O)cc1)C(=O)NC2=O. The van der Waals surface area contributed by atoms with Gasteiger partial charge in [0.15, 0.2) is 0 Å². The van der Waals surface area contributed by atoms with Crippen molar-refractivity contribution in [3.05, 3.63) is 87.0 Å². The lowest BCUT2D eigenvalue weighted by molar-refractivity contribution is -0.114. The fourth-order valence-corrected chi connectivity index (χ4v) is 4.51. The summed E-state index contributed by atoms with van der Waals surface area (Å²) < 4.78 is 22.8. The average molecular weight is 481 g/mol. The molecule has 0 aliphatic carbocycles. The van der Waals surface area contributed by atoms with Crippen LogP contribution in [0.2, 0.25) is 0 Å². The highest BCUT2D eigenvalue weighted by molar-refractivity contribution is 7.89. The van der Waals surface area contributed by atoms with E-state index >= 15 is 0 Å². The maximum absolute atomic E-state index is 12.5. The van der Waals surface area contributed by atoms with E-state index in [1.165, 1.54) is 23.5 Å². The Labute approximate surface area is 194 Å². The number of nitrogens with zero attached hydrogens (tertiary/aromatic N) is 1. The van der Waals surface area contributed by atoms with Crippen LogP contribution >= 0.6 is 11.3 Å². The Morgan fingerprint density at radius 1 is 1.06 bits per heavy atom. The third kappa shape index (κ3) is 5.08. The number of imide groups is 1. The number of hydrogen-bond donors (Lipinski definition) is 3. The van der Waals surface area contributed by atoms with Gasteiger partial charge in [0.05, 0.1) is 21.7 Å². The van der Waals surface area contributed by atoms with Crippen LogP contribution in [0, 0.1) is 6.92 Å². The lowest BCUT2D eigenvalue weighted by Crippen LogP contribution is -2.37. The molecule has 1 aliphatic heterocycles. The summed E-state index contributed by atoms with van der Waals surface area (Å²) >= 11 is 1.53. The molecule has 2 amide bonds. The Morgan fingerprint density at radius 3 is 2.48 bits per heavy atom. The fourth-order valence-electron chi connectivity index (χ4n) is 3.30. The Hall–Kier alpha value is -3.60. The third-order valence-corrected chi connectivity index (χ3v) is 6.89. The highest BCUT2D eigenvalue weighted by atomic mass is 32.2. The van der Waals surface area contributed by atoms with Gasteiger partial charge in [-0.3, -0.25) is 14.9 Å². The second-order valence-electron chi connectivity index (χ2n) is 7.35. The first kappa shape index (κ1) is 22.6. The molecule has 3 aromatic rings. The summed E-state index contributed by atoms with van der Waals surface area (Å²) in [6, 6.07) is 11.4. The molecule has 0 bridgehead atoms. The van der Waals surface area contributed by atoms with Crippen molar-refractivity contribution in [3.8, 4) is 0 Å². The van der Waals surface area contributed by atoms with Crippen LogP contribution in [0.15, 0.2) is 59.1 Å². The molecule has 4 N–H and O–H groups in total. The predicted octanol–water partition coefficient (Wildman–Crippen LogP) is 2.67. The number of nitrogens with two attached hydrogens (primary N) is 1. The summed E-state index contributed by atoms with van der Waals surface area (Å²) in [5, 5.41) is 10.5. The minimum atomic E-state index is -3.75. The Morgan fingerprint density at radius 2 is 1.82 bits per heavy atom. The Kier molecular flexibility index (Phi) is 6.23. The molecule has 1 aliphatic rings. The minimum Gasteiger partial charge on any atom is -0.386 e. The van der Waals surface area contributed by atoms with E-state index < -0.39 is 21.8 Å². The molecule has 10 heteroatoms. The standard InChI is InChI=1S/C23H20N4O4S2/c1-14-21(32-13-26-14)9-5-15-4-8-18-19(10-15)20(23(29)27-22(18)28)12-25-11-16-2-6-17(7-3-16)33(24,30)31/h2-10,12-13,25H,11H2,1H3,(H2,24,30,31)(H,27,28,29)/b9-5+,20-12-. The van der Waals surface area contributed by atoms with E-state index in [9.17, 15) is 18.0 Å². The van der Waals surface area contributed by atoms with Crippen molar-refractivity contribution in [1.29, 1.82) is 0 Å². The van der Waals surface area contributed by atoms with Crippen molar-refractivity contribution in [1.82, 2.24) is 15.6 Å². The summed E-state index contributed by atoms with van der Waals surface area (Å²) in [5.74, 6) is -0.941. The molecule has 33 heavy (non-hydrogen) atoms. The van der Waals surface area contributed by atoms with Gasteiger partial charge < -0.3 is 5.32 Å². The fraction of sp³-hybridized carbons (Fsp3) is 0.0870. The van der Waals surface area contributed by atoms with Gasteiger partial charge in [0.2, 0.25) is 10.0 Å². The van der Waals surface area contributed by atoms with Crippen molar-refractivity contribution in [2.45, 2.75) is 18.4 Å². The topological polar surface area (TPSA) is 131 Å². The number of rotatable bonds is 6. The van der Waals surface area contributed by atoms with Gasteiger partial charge in [-0.25, -0.2) is 18.5 Å². The molecule has 2 heterocycles. The molecule has 0 spiro atoms. The average Bonchev–Trinajstić information content (AvgIpc) is 3.18. The van der Waals surface area contributed by atoms with Gasteiger partial charge in [-0.05, 0) is 48.4 Å². The molecule has 0 atom stereocenters. The van der Waals surface area contributed by atoms with Crippen LogP contribution in [0.3, 0.4) is 0 Å². The summed E-state index contributed by atoms with van der Waals surface area (Å²) in [6.45, 7) is 2.27. The lowest BCUT2D eigenvalue weighted by atomic mass is 9.93. The van der Waals surface area contributed by atoms with Crippen molar-refractivity contribution >= 4 is 50.9 Å². The first-order valence-electron chi connectivity index (χ1n) is 9.86. The molecule has 0 saturated heterocycles. The highest BCUT2D eigenvalue weighted by Gasteiger charge is 2.27. The summed E-state index contributed by atoms with van der Waals surface area (Å²) in [7, 11) is -3.75. The van der Waals surface area contributed by atoms with Gasteiger partial charge in [0.25, 0.3) is 11.8 Å². The van der Waals surface area contributed by atoms with Crippen LogP contribution < -0.4 is 15.8 Å². The van der Waals surface area contributed by atoms with Crippen LogP contribution in [-0.4, -0.2) is 25.2 Å². The van der Waals surface area contributed by atoms with E-state index in [2.05, 4.69) is 15.6 Å². The van der Waals surface area contributed by atoms with Gasteiger partial charge in [0.1, 0.15) is 0 Å². The molecular formula is C23H20N4O4S2. The minimum absolute atomic E-state index is 0.0258. The van der Waals surface area contributed by atoms with Gasteiger partial charge in [0, 0.05) is 28.7 Å². The molecule has 4 rings (SSSR count). The lowest BCUT2D eigenvalue weighted by Gasteiger charge is -2.19. The number of benzene rings is 2. The zero-order valence-corrected chi connectivity index (χ0v) is 19.2. The quantitative estimate of drug-likeness (QED) is 0.367. The maximum Gasteiger partial charge on any atom is 0.260 e. The number of aryl methyl sites for hydroxylation is 1. The van der Waals surface area contributed by atoms with Crippen LogP contribution in [0.5, 0.6) is 0 Å². The second kappa shape index (κ2) is 9.10. The molecular weight excluding hydrogens is 460 g/mol. The van der Waals surface area contributed by atoms with Crippen molar-refractivity contribution in [2.24, 2.45) is 5.14 Å². The van der Waals surface area contributed by atoms with E-state index in [0.717, 1.165) is 21.7 Å². The van der Waals surface area contributed by atoms with E-state index in [0.29, 0.717) is 23.2 Å². The Bertz CT molecular complexity index is 1400. The zero-order chi connectivity index (χ0) is 23.6. The number of sulfonamides is 1. The normalized spacial score (nSPS) is 15.0. The third-order valence-electron chi connectivity index (χ3n) is 5.06. The number of carbonyl (C=O) groups is 2.